The number of alkyl halides is 3. The van der Waals surface area contributed by atoms with E-state index in [1.54, 1.807) is 24.3 Å². The molecule has 3 rings (SSSR count). The van der Waals surface area contributed by atoms with Crippen LogP contribution in [0.3, 0.4) is 0 Å². The van der Waals surface area contributed by atoms with Crippen molar-refractivity contribution in [2.24, 2.45) is 0 Å². The van der Waals surface area contributed by atoms with Gasteiger partial charge in [0.25, 0.3) is 0 Å². The highest BCUT2D eigenvalue weighted by Crippen LogP contribution is 2.25. The van der Waals surface area contributed by atoms with Gasteiger partial charge in [-0.2, -0.15) is 13.2 Å². The van der Waals surface area contributed by atoms with Gasteiger partial charge in [0.05, 0.1) is 6.61 Å². The fraction of sp³-hybridized carbons (Fsp3) is 0.444. The Balaban J connectivity index is 1.55. The third-order valence-corrected chi connectivity index (χ3v) is 3.96. The maximum Gasteiger partial charge on any atom is 0.422 e. The molecule has 0 aliphatic carbocycles. The molecule has 1 fully saturated rings. The Labute approximate surface area is 144 Å². The number of furan rings is 1. The molecule has 1 aromatic carbocycles. The molecule has 1 aliphatic rings. The fourth-order valence-corrected chi connectivity index (χ4v) is 2.76. The molecule has 136 valence electrons. The summed E-state index contributed by atoms with van der Waals surface area (Å²) >= 11 is 0. The number of rotatable bonds is 5. The van der Waals surface area contributed by atoms with Crippen LogP contribution >= 0.6 is 0 Å². The minimum absolute atomic E-state index is 0.100. The van der Waals surface area contributed by atoms with Crippen LogP contribution in [-0.2, 0) is 11.3 Å². The second-order valence-corrected chi connectivity index (χ2v) is 6.09. The summed E-state index contributed by atoms with van der Waals surface area (Å²) in [5.41, 5.74) is 1.01. The Morgan fingerprint density at radius 3 is 2.56 bits per heavy atom. The smallest absolute Gasteiger partial charge is 0.422 e. The van der Waals surface area contributed by atoms with Crippen LogP contribution in [0.2, 0.25) is 0 Å². The van der Waals surface area contributed by atoms with Gasteiger partial charge < -0.3 is 13.9 Å². The molecular formula is C18H20F3NO3. The number of halogens is 3. The highest BCUT2D eigenvalue weighted by atomic mass is 19.4. The van der Waals surface area contributed by atoms with Gasteiger partial charge in [0.1, 0.15) is 23.4 Å². The molecule has 25 heavy (non-hydrogen) atoms. The first-order valence-electron chi connectivity index (χ1n) is 8.08. The van der Waals surface area contributed by atoms with Crippen molar-refractivity contribution in [3.63, 3.8) is 0 Å². The van der Waals surface area contributed by atoms with E-state index in [1.807, 2.05) is 19.1 Å². The highest BCUT2D eigenvalue weighted by molar-refractivity contribution is 5.27. The lowest BCUT2D eigenvalue weighted by Crippen LogP contribution is -2.37. The van der Waals surface area contributed by atoms with Crippen molar-refractivity contribution in [1.82, 2.24) is 4.90 Å². The molecular weight excluding hydrogens is 335 g/mol. The van der Waals surface area contributed by atoms with Crippen molar-refractivity contribution >= 4 is 0 Å². The first kappa shape index (κ1) is 17.8. The number of aryl methyl sites for hydroxylation is 1. The Morgan fingerprint density at radius 1 is 1.16 bits per heavy atom. The monoisotopic (exact) mass is 355 g/mol. The van der Waals surface area contributed by atoms with Gasteiger partial charge in [0.2, 0.25) is 0 Å². The molecule has 2 heterocycles. The molecule has 1 aromatic heterocycles. The van der Waals surface area contributed by atoms with Gasteiger partial charge in [-0.25, -0.2) is 0 Å². The van der Waals surface area contributed by atoms with E-state index in [0.717, 1.165) is 23.6 Å². The summed E-state index contributed by atoms with van der Waals surface area (Å²) in [7, 11) is 0. The van der Waals surface area contributed by atoms with Gasteiger partial charge in [-0.15, -0.1) is 0 Å². The summed E-state index contributed by atoms with van der Waals surface area (Å²) in [6.45, 7) is 3.42. The van der Waals surface area contributed by atoms with Gasteiger partial charge in [0, 0.05) is 19.6 Å². The van der Waals surface area contributed by atoms with E-state index < -0.39 is 12.8 Å². The molecule has 1 unspecified atom stereocenters. The van der Waals surface area contributed by atoms with Gasteiger partial charge in [-0.1, -0.05) is 12.1 Å². The predicted molar refractivity (Wildman–Crippen MR) is 85.4 cm³/mol. The van der Waals surface area contributed by atoms with Crippen LogP contribution < -0.4 is 4.74 Å². The molecule has 1 aliphatic heterocycles. The van der Waals surface area contributed by atoms with E-state index in [4.69, 9.17) is 13.9 Å². The molecule has 1 saturated heterocycles. The highest BCUT2D eigenvalue weighted by Gasteiger charge is 2.28. The Bertz CT molecular complexity index is 682. The topological polar surface area (TPSA) is 34.8 Å². The van der Waals surface area contributed by atoms with Crippen LogP contribution in [0.25, 0.3) is 0 Å². The van der Waals surface area contributed by atoms with Gasteiger partial charge in [-0.05, 0) is 36.8 Å². The molecule has 0 spiro atoms. The number of ether oxygens (including phenoxy) is 2. The molecule has 7 heteroatoms. The summed E-state index contributed by atoms with van der Waals surface area (Å²) in [5.74, 6) is 1.88. The zero-order valence-electron chi connectivity index (χ0n) is 13.9. The van der Waals surface area contributed by atoms with E-state index in [9.17, 15) is 13.2 Å². The van der Waals surface area contributed by atoms with Crippen LogP contribution in [0.15, 0.2) is 40.8 Å². The third-order valence-electron chi connectivity index (χ3n) is 3.96. The quantitative estimate of drug-likeness (QED) is 0.809. The lowest BCUT2D eigenvalue weighted by Gasteiger charge is -2.32. The SMILES string of the molecule is Cc1ccc(C2CN(Cc3ccc(OCC(F)(F)F)cc3)CCO2)o1. The second-order valence-electron chi connectivity index (χ2n) is 6.09. The Kier molecular flexibility index (Phi) is 5.34. The van der Waals surface area contributed by atoms with E-state index in [2.05, 4.69) is 4.90 Å². The summed E-state index contributed by atoms with van der Waals surface area (Å²) in [6.07, 6.45) is -4.43. The molecule has 4 nitrogen and oxygen atoms in total. The van der Waals surface area contributed by atoms with Crippen molar-refractivity contribution in [3.05, 3.63) is 53.5 Å². The van der Waals surface area contributed by atoms with E-state index in [0.29, 0.717) is 19.7 Å². The van der Waals surface area contributed by atoms with Crippen LogP contribution in [0.1, 0.15) is 23.2 Å². The number of hydrogen-bond acceptors (Lipinski definition) is 4. The number of benzene rings is 1. The summed E-state index contributed by atoms with van der Waals surface area (Å²) in [4.78, 5) is 2.23. The normalized spacial score (nSPS) is 19.1. The minimum atomic E-state index is -4.33. The molecule has 0 bridgehead atoms. The predicted octanol–water partition coefficient (Wildman–Crippen LogP) is 4.10. The lowest BCUT2D eigenvalue weighted by molar-refractivity contribution is -0.153. The summed E-state index contributed by atoms with van der Waals surface area (Å²) in [5, 5.41) is 0. The molecule has 0 N–H and O–H groups in total. The summed E-state index contributed by atoms with van der Waals surface area (Å²) in [6, 6.07) is 10.5. The van der Waals surface area contributed by atoms with Gasteiger partial charge >= 0.3 is 6.18 Å². The average Bonchev–Trinajstić information content (AvgIpc) is 3.00. The standard InChI is InChI=1S/C18H20F3NO3/c1-13-2-7-16(25-13)17-11-22(8-9-23-17)10-14-3-5-15(6-4-14)24-12-18(19,20)21/h2-7,17H,8-12H2,1H3. The second kappa shape index (κ2) is 7.49. The largest absolute Gasteiger partial charge is 0.484 e. The van der Waals surface area contributed by atoms with Crippen LogP contribution in [0.4, 0.5) is 13.2 Å². The van der Waals surface area contributed by atoms with Crippen LogP contribution in [-0.4, -0.2) is 37.4 Å². The number of morpholine rings is 1. The van der Waals surface area contributed by atoms with Crippen molar-refractivity contribution in [1.29, 1.82) is 0 Å². The number of hydrogen-bond donors (Lipinski definition) is 0. The van der Waals surface area contributed by atoms with Crippen molar-refractivity contribution in [2.75, 3.05) is 26.3 Å². The average molecular weight is 355 g/mol. The molecule has 0 radical (unpaired) electrons. The van der Waals surface area contributed by atoms with E-state index >= 15 is 0 Å². The number of nitrogens with zero attached hydrogens (tertiary/aromatic N) is 1. The van der Waals surface area contributed by atoms with E-state index in [-0.39, 0.29) is 11.9 Å². The van der Waals surface area contributed by atoms with E-state index in [1.165, 1.54) is 0 Å². The first-order chi connectivity index (χ1) is 11.9. The van der Waals surface area contributed by atoms with Crippen molar-refractivity contribution < 1.29 is 27.1 Å². The third kappa shape index (κ3) is 5.24. The lowest BCUT2D eigenvalue weighted by atomic mass is 10.1. The Hall–Kier alpha value is -1.99. The van der Waals surface area contributed by atoms with Crippen molar-refractivity contribution in [3.8, 4) is 5.75 Å². The molecule has 0 saturated carbocycles. The van der Waals surface area contributed by atoms with Gasteiger partial charge in [-0.3, -0.25) is 4.90 Å². The molecule has 0 amide bonds. The first-order valence-corrected chi connectivity index (χ1v) is 8.08. The van der Waals surface area contributed by atoms with Crippen LogP contribution in [0.5, 0.6) is 5.75 Å². The maximum absolute atomic E-state index is 12.2. The molecule has 1 atom stereocenters. The van der Waals surface area contributed by atoms with Gasteiger partial charge in [0.15, 0.2) is 6.61 Å². The fourth-order valence-electron chi connectivity index (χ4n) is 2.76. The Morgan fingerprint density at radius 2 is 1.92 bits per heavy atom. The maximum atomic E-state index is 12.2. The zero-order chi connectivity index (χ0) is 17.9. The zero-order valence-corrected chi connectivity index (χ0v) is 13.9. The van der Waals surface area contributed by atoms with Crippen LogP contribution in [0, 0.1) is 6.92 Å². The summed E-state index contributed by atoms with van der Waals surface area (Å²) < 4.78 is 52.6. The molecule has 2 aromatic rings. The minimum Gasteiger partial charge on any atom is -0.484 e. The van der Waals surface area contributed by atoms with Crippen molar-refractivity contribution in [2.45, 2.75) is 25.7 Å².